The number of para-hydroxylation sites is 1. The number of hydrogen-bond donors (Lipinski definition) is 0. The van der Waals surface area contributed by atoms with Gasteiger partial charge in [0.05, 0.1) is 12.1 Å². The van der Waals surface area contributed by atoms with E-state index in [1.54, 1.807) is 4.90 Å². The van der Waals surface area contributed by atoms with Crippen molar-refractivity contribution in [1.82, 2.24) is 14.7 Å². The zero-order valence-electron chi connectivity index (χ0n) is 20.9. The smallest absolute Gasteiger partial charge is 0.260 e. The molecule has 5 rings (SSSR count). The van der Waals surface area contributed by atoms with Crippen LogP contribution in [0.1, 0.15) is 34.5 Å². The molecule has 1 aromatic heterocycles. The summed E-state index contributed by atoms with van der Waals surface area (Å²) in [7, 11) is 0. The van der Waals surface area contributed by atoms with E-state index >= 15 is 0 Å². The van der Waals surface area contributed by atoms with E-state index in [0.717, 1.165) is 13.0 Å². The molecule has 2 amide bonds. The second kappa shape index (κ2) is 10.8. The van der Waals surface area contributed by atoms with Crippen molar-refractivity contribution in [2.24, 2.45) is 0 Å². The Morgan fingerprint density at radius 1 is 0.917 bits per heavy atom. The van der Waals surface area contributed by atoms with E-state index in [9.17, 15) is 9.59 Å². The molecule has 2 aromatic carbocycles. The number of aryl methyl sites for hydroxylation is 1. The van der Waals surface area contributed by atoms with Gasteiger partial charge in [-0.3, -0.25) is 14.5 Å². The SMILES string of the molecule is Cc1ccccc1[C@@H]1c2ccsc2CCN1[C@H](C)C(=O)N1CCN(C(=O)COc2ccccc2)CC1. The summed E-state index contributed by atoms with van der Waals surface area (Å²) in [6, 6.07) is 19.9. The average Bonchev–Trinajstić information content (AvgIpc) is 3.40. The van der Waals surface area contributed by atoms with Crippen molar-refractivity contribution >= 4 is 23.2 Å². The number of piperazine rings is 1. The third-order valence-electron chi connectivity index (χ3n) is 7.39. The zero-order chi connectivity index (χ0) is 25.1. The van der Waals surface area contributed by atoms with Crippen LogP contribution < -0.4 is 4.74 Å². The largest absolute Gasteiger partial charge is 0.484 e. The second-order valence-electron chi connectivity index (χ2n) is 9.53. The minimum Gasteiger partial charge on any atom is -0.484 e. The zero-order valence-corrected chi connectivity index (χ0v) is 21.7. The van der Waals surface area contributed by atoms with Crippen molar-refractivity contribution in [3.05, 3.63) is 87.6 Å². The molecule has 7 heteroatoms. The number of benzene rings is 2. The van der Waals surface area contributed by atoms with E-state index < -0.39 is 0 Å². The van der Waals surface area contributed by atoms with Gasteiger partial charge in [0.25, 0.3) is 5.91 Å². The molecule has 1 fully saturated rings. The van der Waals surface area contributed by atoms with Crippen LogP contribution in [0.4, 0.5) is 0 Å². The number of carbonyl (C=O) groups is 2. The first-order valence-corrected chi connectivity index (χ1v) is 13.5. The fourth-order valence-electron chi connectivity index (χ4n) is 5.33. The third-order valence-corrected chi connectivity index (χ3v) is 8.39. The number of nitrogens with zero attached hydrogens (tertiary/aromatic N) is 3. The molecule has 3 aromatic rings. The monoisotopic (exact) mass is 503 g/mol. The number of carbonyl (C=O) groups excluding carboxylic acids is 2. The molecule has 0 spiro atoms. The molecule has 0 bridgehead atoms. The van der Waals surface area contributed by atoms with Crippen LogP contribution in [0.2, 0.25) is 0 Å². The minimum absolute atomic E-state index is 0.0171. The van der Waals surface area contributed by atoms with Gasteiger partial charge in [0.1, 0.15) is 5.75 Å². The minimum atomic E-state index is -0.244. The number of fused-ring (bicyclic) bond motifs is 1. The van der Waals surface area contributed by atoms with Crippen molar-refractivity contribution in [3.8, 4) is 5.75 Å². The van der Waals surface area contributed by atoms with E-state index in [4.69, 9.17) is 4.74 Å². The molecule has 6 nitrogen and oxygen atoms in total. The number of thiophene rings is 1. The third kappa shape index (κ3) is 5.04. The number of ether oxygens (including phenoxy) is 1. The van der Waals surface area contributed by atoms with Gasteiger partial charge in [-0.2, -0.15) is 0 Å². The molecule has 2 aliphatic rings. The Hall–Kier alpha value is -3.16. The lowest BCUT2D eigenvalue weighted by Gasteiger charge is -2.43. The van der Waals surface area contributed by atoms with Crippen LogP contribution in [0.5, 0.6) is 5.75 Å². The van der Waals surface area contributed by atoms with Gasteiger partial charge in [-0.05, 0) is 60.5 Å². The Bertz CT molecular complexity index is 1200. The van der Waals surface area contributed by atoms with Gasteiger partial charge in [-0.25, -0.2) is 0 Å². The summed E-state index contributed by atoms with van der Waals surface area (Å²) < 4.78 is 5.62. The second-order valence-corrected chi connectivity index (χ2v) is 10.5. The van der Waals surface area contributed by atoms with E-state index in [1.165, 1.54) is 21.6 Å². The topological polar surface area (TPSA) is 53.1 Å². The molecule has 2 atom stereocenters. The number of rotatable bonds is 6. The lowest BCUT2D eigenvalue weighted by Crippen LogP contribution is -2.56. The average molecular weight is 504 g/mol. The maximum absolute atomic E-state index is 13.7. The summed E-state index contributed by atoms with van der Waals surface area (Å²) in [5, 5.41) is 2.17. The summed E-state index contributed by atoms with van der Waals surface area (Å²) >= 11 is 1.82. The van der Waals surface area contributed by atoms with Gasteiger partial charge in [0, 0.05) is 37.6 Å². The highest BCUT2D eigenvalue weighted by Gasteiger charge is 2.37. The summed E-state index contributed by atoms with van der Waals surface area (Å²) in [5.74, 6) is 0.784. The molecule has 188 valence electrons. The first kappa shape index (κ1) is 24.5. The van der Waals surface area contributed by atoms with Crippen LogP contribution >= 0.6 is 11.3 Å². The summed E-state index contributed by atoms with van der Waals surface area (Å²) in [6.07, 6.45) is 0.969. The Morgan fingerprint density at radius 2 is 1.61 bits per heavy atom. The highest BCUT2D eigenvalue weighted by molar-refractivity contribution is 7.10. The van der Waals surface area contributed by atoms with Crippen molar-refractivity contribution in [3.63, 3.8) is 0 Å². The van der Waals surface area contributed by atoms with Crippen LogP contribution in [0.15, 0.2) is 66.0 Å². The maximum Gasteiger partial charge on any atom is 0.260 e. The summed E-state index contributed by atoms with van der Waals surface area (Å²) in [6.45, 7) is 7.23. The molecule has 1 saturated heterocycles. The van der Waals surface area contributed by atoms with Crippen molar-refractivity contribution in [2.45, 2.75) is 32.4 Å². The number of hydrogen-bond acceptors (Lipinski definition) is 5. The van der Waals surface area contributed by atoms with Gasteiger partial charge in [0.15, 0.2) is 6.61 Å². The maximum atomic E-state index is 13.7. The fraction of sp³-hybridized carbons (Fsp3) is 0.379. The van der Waals surface area contributed by atoms with Gasteiger partial charge in [-0.1, -0.05) is 42.5 Å². The number of amides is 2. The van der Waals surface area contributed by atoms with Crippen LogP contribution in [-0.2, 0) is 16.0 Å². The lowest BCUT2D eigenvalue weighted by atomic mass is 9.89. The Kier molecular flexibility index (Phi) is 7.39. The van der Waals surface area contributed by atoms with E-state index in [0.29, 0.717) is 31.9 Å². The first-order valence-electron chi connectivity index (χ1n) is 12.6. The molecule has 0 N–H and O–H groups in total. The molecule has 36 heavy (non-hydrogen) atoms. The molecular weight excluding hydrogens is 470 g/mol. The predicted molar refractivity (Wildman–Crippen MR) is 142 cm³/mol. The molecular formula is C29H33N3O3S. The van der Waals surface area contributed by atoms with Crippen LogP contribution in [0, 0.1) is 6.92 Å². The Balaban J connectivity index is 1.23. The van der Waals surface area contributed by atoms with Crippen molar-refractivity contribution in [1.29, 1.82) is 0 Å². The molecule has 2 aliphatic heterocycles. The molecule has 0 unspecified atom stereocenters. The lowest BCUT2D eigenvalue weighted by molar-refractivity contribution is -0.144. The van der Waals surface area contributed by atoms with Crippen molar-refractivity contribution in [2.75, 3.05) is 39.3 Å². The predicted octanol–water partition coefficient (Wildman–Crippen LogP) is 4.14. The van der Waals surface area contributed by atoms with Gasteiger partial charge in [-0.15, -0.1) is 11.3 Å². The van der Waals surface area contributed by atoms with Gasteiger partial charge >= 0.3 is 0 Å². The van der Waals surface area contributed by atoms with Crippen LogP contribution in [0.25, 0.3) is 0 Å². The Labute approximate surface area is 217 Å². The highest BCUT2D eigenvalue weighted by Crippen LogP contribution is 2.40. The first-order chi connectivity index (χ1) is 17.5. The molecule has 3 heterocycles. The van der Waals surface area contributed by atoms with Gasteiger partial charge in [0.2, 0.25) is 5.91 Å². The quantitative estimate of drug-likeness (QED) is 0.507. The van der Waals surface area contributed by atoms with Crippen LogP contribution in [-0.4, -0.2) is 71.9 Å². The summed E-state index contributed by atoms with van der Waals surface area (Å²) in [4.78, 5) is 33.8. The summed E-state index contributed by atoms with van der Waals surface area (Å²) in [5.41, 5.74) is 3.84. The molecule has 0 radical (unpaired) electrons. The normalized spacial score (nSPS) is 19.0. The van der Waals surface area contributed by atoms with E-state index in [-0.39, 0.29) is 30.5 Å². The van der Waals surface area contributed by atoms with Crippen LogP contribution in [0.3, 0.4) is 0 Å². The molecule has 0 saturated carbocycles. The highest BCUT2D eigenvalue weighted by atomic mass is 32.1. The van der Waals surface area contributed by atoms with E-state index in [2.05, 4.69) is 47.5 Å². The van der Waals surface area contributed by atoms with Crippen molar-refractivity contribution < 1.29 is 14.3 Å². The fourth-order valence-corrected chi connectivity index (χ4v) is 6.23. The van der Waals surface area contributed by atoms with E-state index in [1.807, 2.05) is 53.5 Å². The standard InChI is InChI=1S/C29H33N3O3S/c1-21-8-6-7-11-24(21)28-25-13-19-36-26(25)12-14-32(28)22(2)29(34)31-17-15-30(16-18-31)27(33)20-35-23-9-4-3-5-10-23/h3-11,13,19,22,28H,12,14-18,20H2,1-2H3/t22-,28-/m1/s1. The Morgan fingerprint density at radius 3 is 2.36 bits per heavy atom. The van der Waals surface area contributed by atoms with Gasteiger partial charge < -0.3 is 14.5 Å². The molecule has 0 aliphatic carbocycles.